The monoisotopic (exact) mass is 426 g/mol. The Bertz CT molecular complexity index is 748. The van der Waals surface area contributed by atoms with Gasteiger partial charge in [0.25, 0.3) is 0 Å². The zero-order chi connectivity index (χ0) is 22.4. The van der Waals surface area contributed by atoms with Gasteiger partial charge in [0.05, 0.1) is 0 Å². The molecule has 0 heterocycles. The van der Waals surface area contributed by atoms with E-state index in [0.29, 0.717) is 33.4 Å². The normalized spacial score (nSPS) is 53.4. The van der Waals surface area contributed by atoms with E-state index in [-0.39, 0.29) is 5.41 Å². The Morgan fingerprint density at radius 3 is 2.13 bits per heavy atom. The molecule has 5 saturated carbocycles. The smallest absolute Gasteiger partial charge is 0.138 e. The van der Waals surface area contributed by atoms with Gasteiger partial charge in [-0.3, -0.25) is 4.79 Å². The molecule has 1 heteroatoms. The first kappa shape index (κ1) is 22.5. The van der Waals surface area contributed by atoms with Crippen molar-refractivity contribution < 1.29 is 4.79 Å². The van der Waals surface area contributed by atoms with Crippen molar-refractivity contribution in [2.24, 2.45) is 56.7 Å². The first-order valence-corrected chi connectivity index (χ1v) is 13.9. The van der Waals surface area contributed by atoms with Gasteiger partial charge in [-0.15, -0.1) is 0 Å². The van der Waals surface area contributed by atoms with E-state index in [4.69, 9.17) is 0 Å². The maximum atomic E-state index is 12.9. The summed E-state index contributed by atoms with van der Waals surface area (Å²) in [5.41, 5.74) is 1.85. The SMILES string of the molecule is CC1(C)CCC[C@]2(C)[C@H]3CC[C@H]4[C@@](C)(CC[C@H]5C(C)(C)C(=O)CC[C@@]54C)C[C@H]3CC[C@@H]12. The van der Waals surface area contributed by atoms with Gasteiger partial charge in [-0.2, -0.15) is 0 Å². The van der Waals surface area contributed by atoms with E-state index in [1.54, 1.807) is 0 Å². The molecule has 5 rings (SSSR count). The van der Waals surface area contributed by atoms with E-state index in [1.807, 2.05) is 0 Å². The molecule has 0 aliphatic heterocycles. The van der Waals surface area contributed by atoms with Gasteiger partial charge >= 0.3 is 0 Å². The largest absolute Gasteiger partial charge is 0.299 e. The summed E-state index contributed by atoms with van der Waals surface area (Å²) in [5.74, 6) is 4.77. The molecule has 0 aromatic heterocycles. The molecule has 5 fully saturated rings. The third kappa shape index (κ3) is 3.02. The number of carbonyl (C=O) groups is 1. The van der Waals surface area contributed by atoms with Crippen molar-refractivity contribution in [1.29, 1.82) is 0 Å². The second-order valence-electron chi connectivity index (χ2n) is 15.1. The highest BCUT2D eigenvalue weighted by Gasteiger charge is 2.63. The lowest BCUT2D eigenvalue weighted by Crippen LogP contribution is -2.57. The summed E-state index contributed by atoms with van der Waals surface area (Å²) in [4.78, 5) is 12.9. The van der Waals surface area contributed by atoms with E-state index in [2.05, 4.69) is 48.5 Å². The molecule has 0 spiro atoms. The Labute approximate surface area is 192 Å². The van der Waals surface area contributed by atoms with E-state index >= 15 is 0 Å². The molecular weight excluding hydrogens is 376 g/mol. The van der Waals surface area contributed by atoms with Crippen molar-refractivity contribution in [1.82, 2.24) is 0 Å². The van der Waals surface area contributed by atoms with Crippen molar-refractivity contribution in [2.45, 2.75) is 126 Å². The zero-order valence-electron chi connectivity index (χ0n) is 21.8. The zero-order valence-corrected chi connectivity index (χ0v) is 21.8. The molecule has 5 aliphatic carbocycles. The van der Waals surface area contributed by atoms with Gasteiger partial charge in [-0.1, -0.05) is 54.9 Å². The minimum Gasteiger partial charge on any atom is -0.299 e. The molecule has 0 aromatic rings. The van der Waals surface area contributed by atoms with Crippen LogP contribution in [-0.2, 0) is 4.79 Å². The van der Waals surface area contributed by atoms with Gasteiger partial charge < -0.3 is 0 Å². The van der Waals surface area contributed by atoms with Crippen molar-refractivity contribution >= 4 is 5.78 Å². The molecule has 0 unspecified atom stereocenters. The number of Topliss-reactive ketones (excluding diaryl/α,β-unsaturated/α-hetero) is 1. The summed E-state index contributed by atoms with van der Waals surface area (Å²) in [6, 6.07) is 0. The number of hydrogen-bond acceptors (Lipinski definition) is 1. The van der Waals surface area contributed by atoms with Gasteiger partial charge in [-0.25, -0.2) is 0 Å². The average molecular weight is 427 g/mol. The van der Waals surface area contributed by atoms with Crippen LogP contribution in [0, 0.1) is 56.7 Å². The molecule has 0 saturated heterocycles. The molecule has 176 valence electrons. The predicted molar refractivity (Wildman–Crippen MR) is 130 cm³/mol. The Morgan fingerprint density at radius 2 is 1.39 bits per heavy atom. The van der Waals surface area contributed by atoms with E-state index < -0.39 is 0 Å². The van der Waals surface area contributed by atoms with Crippen molar-refractivity contribution in [3.8, 4) is 0 Å². The van der Waals surface area contributed by atoms with E-state index in [1.165, 1.54) is 64.2 Å². The number of ketones is 1. The van der Waals surface area contributed by atoms with Gasteiger partial charge in [-0.05, 0) is 115 Å². The predicted octanol–water partition coefficient (Wildman–Crippen LogP) is 8.46. The highest BCUT2D eigenvalue weighted by molar-refractivity contribution is 5.85. The number of hydrogen-bond donors (Lipinski definition) is 0. The molecule has 0 bridgehead atoms. The molecule has 0 amide bonds. The summed E-state index contributed by atoms with van der Waals surface area (Å²) in [7, 11) is 0. The summed E-state index contributed by atoms with van der Waals surface area (Å²) in [6.07, 6.45) is 16.3. The molecule has 31 heavy (non-hydrogen) atoms. The minimum absolute atomic E-state index is 0.113. The standard InChI is InChI=1S/C30H50O/c1-26(2)15-8-16-29(6)21-10-12-24-28(5,19-20(21)9-11-22(26)29)17-13-23-27(3,4)25(31)14-18-30(23,24)7/h20-24H,8-19H2,1-7H3/t20-,21+,22+,23+,24+,28+,29-,30+/m1/s1. The van der Waals surface area contributed by atoms with Crippen LogP contribution < -0.4 is 0 Å². The fourth-order valence-corrected chi connectivity index (χ4v) is 11.6. The van der Waals surface area contributed by atoms with Crippen molar-refractivity contribution in [2.75, 3.05) is 0 Å². The number of rotatable bonds is 0. The van der Waals surface area contributed by atoms with Crippen LogP contribution in [-0.4, -0.2) is 5.78 Å². The molecular formula is C30H50O. The van der Waals surface area contributed by atoms with Gasteiger partial charge in [0.15, 0.2) is 0 Å². The van der Waals surface area contributed by atoms with Gasteiger partial charge in [0.2, 0.25) is 0 Å². The van der Waals surface area contributed by atoms with E-state index in [0.717, 1.165) is 36.5 Å². The van der Waals surface area contributed by atoms with Crippen LogP contribution >= 0.6 is 0 Å². The van der Waals surface area contributed by atoms with Gasteiger partial charge in [0.1, 0.15) is 5.78 Å². The molecule has 1 nitrogen and oxygen atoms in total. The van der Waals surface area contributed by atoms with Crippen LogP contribution in [0.5, 0.6) is 0 Å². The van der Waals surface area contributed by atoms with Crippen LogP contribution in [0.15, 0.2) is 0 Å². The Kier molecular flexibility index (Phi) is 4.96. The number of fused-ring (bicyclic) bond motifs is 6. The summed E-state index contributed by atoms with van der Waals surface area (Å²) in [6.45, 7) is 17.8. The maximum Gasteiger partial charge on any atom is 0.138 e. The van der Waals surface area contributed by atoms with Crippen molar-refractivity contribution in [3.63, 3.8) is 0 Å². The van der Waals surface area contributed by atoms with Gasteiger partial charge in [0, 0.05) is 11.8 Å². The summed E-state index contributed by atoms with van der Waals surface area (Å²) >= 11 is 0. The first-order valence-electron chi connectivity index (χ1n) is 13.9. The van der Waals surface area contributed by atoms with E-state index in [9.17, 15) is 4.79 Å². The highest BCUT2D eigenvalue weighted by atomic mass is 16.1. The topological polar surface area (TPSA) is 17.1 Å². The fraction of sp³-hybridized carbons (Fsp3) is 0.967. The molecule has 5 aliphatic rings. The lowest BCUT2D eigenvalue weighted by Gasteiger charge is -2.62. The third-order valence-electron chi connectivity index (χ3n) is 12.9. The quantitative estimate of drug-likeness (QED) is 0.379. The maximum absolute atomic E-state index is 12.9. The van der Waals surface area contributed by atoms with Crippen LogP contribution in [0.2, 0.25) is 0 Å². The Balaban J connectivity index is 1.49. The highest BCUT2D eigenvalue weighted by Crippen LogP contribution is 2.70. The Morgan fingerprint density at radius 1 is 0.677 bits per heavy atom. The number of carbonyl (C=O) groups excluding carboxylic acids is 1. The van der Waals surface area contributed by atoms with Crippen LogP contribution in [0.3, 0.4) is 0 Å². The van der Waals surface area contributed by atoms with Crippen LogP contribution in [0.25, 0.3) is 0 Å². The minimum atomic E-state index is -0.113. The fourth-order valence-electron chi connectivity index (χ4n) is 11.6. The summed E-state index contributed by atoms with van der Waals surface area (Å²) in [5, 5.41) is 0. The second kappa shape index (κ2) is 6.85. The molecule has 0 N–H and O–H groups in total. The lowest BCUT2D eigenvalue weighted by molar-refractivity contribution is -0.161. The molecule has 0 aromatic carbocycles. The Hall–Kier alpha value is -0.330. The molecule has 8 atom stereocenters. The summed E-state index contributed by atoms with van der Waals surface area (Å²) < 4.78 is 0. The average Bonchev–Trinajstić information content (AvgIpc) is 2.81. The molecule has 0 radical (unpaired) electrons. The first-order chi connectivity index (χ1) is 14.3. The second-order valence-corrected chi connectivity index (χ2v) is 15.1. The van der Waals surface area contributed by atoms with Crippen molar-refractivity contribution in [3.05, 3.63) is 0 Å². The lowest BCUT2D eigenvalue weighted by atomic mass is 9.42. The van der Waals surface area contributed by atoms with Crippen LogP contribution in [0.4, 0.5) is 0 Å². The van der Waals surface area contributed by atoms with Crippen LogP contribution in [0.1, 0.15) is 126 Å². The third-order valence-corrected chi connectivity index (χ3v) is 12.9.